The van der Waals surface area contributed by atoms with E-state index in [0.717, 1.165) is 28.4 Å². The Balaban J connectivity index is 1.62. The number of amides is 1. The number of pyridine rings is 1. The fourth-order valence-corrected chi connectivity index (χ4v) is 7.56. The maximum Gasteiger partial charge on any atom is 0.291 e. The standard InChI is InChI=1S/C25H20ClN3O2S/c26-17-9-7-15(8-10-17)21-20-13-32-14-29(20)25(18-5-1-2-6-19(18)28-24(25)31)22(21)23(30)16-4-3-11-27-12-16/h1-12,20-22H,13-14H2,(H,28,31)/p+1/t20-,21-,22-,25+/m1/s1. The van der Waals surface area contributed by atoms with Crippen molar-refractivity contribution in [1.29, 1.82) is 0 Å². The molecule has 1 unspecified atom stereocenters. The smallest absolute Gasteiger partial charge is 0.291 e. The number of anilines is 1. The molecule has 2 fully saturated rings. The van der Waals surface area contributed by atoms with Crippen molar-refractivity contribution in [3.05, 3.63) is 94.8 Å². The van der Waals surface area contributed by atoms with E-state index in [4.69, 9.17) is 11.6 Å². The van der Waals surface area contributed by atoms with E-state index in [0.29, 0.717) is 10.6 Å². The topological polar surface area (TPSA) is 63.5 Å². The average Bonchev–Trinajstić information content (AvgIpc) is 3.48. The number of ketones is 1. The van der Waals surface area contributed by atoms with Crippen LogP contribution in [0.3, 0.4) is 0 Å². The lowest BCUT2D eigenvalue weighted by molar-refractivity contribution is -0.941. The van der Waals surface area contributed by atoms with Crippen molar-refractivity contribution in [3.63, 3.8) is 0 Å². The van der Waals surface area contributed by atoms with Crippen LogP contribution in [-0.2, 0) is 10.3 Å². The van der Waals surface area contributed by atoms with E-state index in [1.165, 1.54) is 4.90 Å². The Morgan fingerprint density at radius 3 is 2.72 bits per heavy atom. The van der Waals surface area contributed by atoms with E-state index in [2.05, 4.69) is 10.3 Å². The second-order valence-electron chi connectivity index (χ2n) is 8.62. The minimum atomic E-state index is -0.970. The molecular weight excluding hydrogens is 442 g/mol. The number of rotatable bonds is 3. The molecule has 0 radical (unpaired) electrons. The summed E-state index contributed by atoms with van der Waals surface area (Å²) in [5.74, 6) is 0.917. The van der Waals surface area contributed by atoms with Crippen LogP contribution in [-0.4, -0.2) is 34.3 Å². The number of hydrogen-bond acceptors (Lipinski definition) is 4. The quantitative estimate of drug-likeness (QED) is 0.587. The van der Waals surface area contributed by atoms with Crippen LogP contribution in [0, 0.1) is 5.92 Å². The number of carbonyl (C=O) groups excluding carboxylic acids is 2. The highest BCUT2D eigenvalue weighted by molar-refractivity contribution is 7.99. The molecule has 0 saturated carbocycles. The first-order valence-corrected chi connectivity index (χ1v) is 12.2. The summed E-state index contributed by atoms with van der Waals surface area (Å²) in [5.41, 5.74) is 2.35. The molecule has 32 heavy (non-hydrogen) atoms. The number of quaternary nitrogens is 1. The fourth-order valence-electron chi connectivity index (χ4n) is 6.00. The predicted molar refractivity (Wildman–Crippen MR) is 125 cm³/mol. The van der Waals surface area contributed by atoms with Gasteiger partial charge in [-0.2, -0.15) is 0 Å². The third-order valence-corrected chi connectivity index (χ3v) is 8.57. The molecule has 1 spiro atoms. The molecule has 1 aromatic heterocycles. The average molecular weight is 463 g/mol. The van der Waals surface area contributed by atoms with Gasteiger partial charge in [-0.25, -0.2) is 0 Å². The van der Waals surface area contributed by atoms with Crippen LogP contribution in [0.1, 0.15) is 27.4 Å². The maximum atomic E-state index is 14.2. The van der Waals surface area contributed by atoms with Gasteiger partial charge in [0.05, 0.1) is 17.4 Å². The number of benzene rings is 2. The van der Waals surface area contributed by atoms with Gasteiger partial charge in [-0.1, -0.05) is 53.7 Å². The molecule has 3 aliphatic heterocycles. The maximum absolute atomic E-state index is 14.2. The molecule has 3 aliphatic rings. The molecule has 0 aliphatic carbocycles. The Hall–Kier alpha value is -2.67. The van der Waals surface area contributed by atoms with Gasteiger partial charge in [0.2, 0.25) is 5.54 Å². The minimum absolute atomic E-state index is 0.0307. The molecule has 2 aromatic carbocycles. The van der Waals surface area contributed by atoms with E-state index in [1.807, 2.05) is 60.3 Å². The van der Waals surface area contributed by atoms with Gasteiger partial charge in [-0.15, -0.1) is 0 Å². The molecule has 5 nitrogen and oxygen atoms in total. The zero-order valence-electron chi connectivity index (χ0n) is 17.1. The molecule has 6 rings (SSSR count). The molecule has 2 N–H and O–H groups in total. The monoisotopic (exact) mass is 462 g/mol. The van der Waals surface area contributed by atoms with Crippen molar-refractivity contribution >= 4 is 40.7 Å². The van der Waals surface area contributed by atoms with Crippen LogP contribution in [0.4, 0.5) is 5.69 Å². The van der Waals surface area contributed by atoms with Gasteiger partial charge in [0.25, 0.3) is 5.91 Å². The normalized spacial score (nSPS) is 30.2. The van der Waals surface area contributed by atoms with Crippen molar-refractivity contribution in [3.8, 4) is 0 Å². The lowest BCUT2D eigenvalue weighted by atomic mass is 9.69. The van der Waals surface area contributed by atoms with Crippen LogP contribution in [0.15, 0.2) is 73.1 Å². The summed E-state index contributed by atoms with van der Waals surface area (Å²) in [6, 6.07) is 19.3. The second kappa shape index (κ2) is 7.44. The van der Waals surface area contributed by atoms with E-state index in [9.17, 15) is 9.59 Å². The zero-order chi connectivity index (χ0) is 21.9. The first-order chi connectivity index (χ1) is 15.6. The van der Waals surface area contributed by atoms with Crippen molar-refractivity contribution in [2.75, 3.05) is 16.9 Å². The minimum Gasteiger partial charge on any atom is -0.320 e. The van der Waals surface area contributed by atoms with Crippen LogP contribution < -0.4 is 10.2 Å². The number of aromatic nitrogens is 1. The van der Waals surface area contributed by atoms with E-state index >= 15 is 0 Å². The molecule has 160 valence electrons. The van der Waals surface area contributed by atoms with E-state index in [1.54, 1.807) is 24.5 Å². The number of halogens is 1. The van der Waals surface area contributed by atoms with E-state index < -0.39 is 11.5 Å². The number of nitrogens with one attached hydrogen (secondary N) is 2. The summed E-state index contributed by atoms with van der Waals surface area (Å²) >= 11 is 8.03. The summed E-state index contributed by atoms with van der Waals surface area (Å²) in [6.07, 6.45) is 3.27. The second-order valence-corrected chi connectivity index (χ2v) is 10.1. The SMILES string of the molecule is O=C(c1cccnc1)[C@H]1[C@H](c2ccc(Cl)cc2)[C@H]2CSC[NH+]2[C@]12C(=O)Nc1ccccc12. The highest BCUT2D eigenvalue weighted by atomic mass is 35.5. The van der Waals surface area contributed by atoms with Gasteiger partial charge < -0.3 is 10.2 Å². The number of Topliss-reactive ketones (excluding diaryl/α,β-unsaturated/α-hetero) is 1. The van der Waals surface area contributed by atoms with Crippen LogP contribution in [0.25, 0.3) is 0 Å². The predicted octanol–water partition coefficient (Wildman–Crippen LogP) is 3.14. The number of nitrogens with zero attached hydrogens (tertiary/aromatic N) is 1. The number of hydrogen-bond donors (Lipinski definition) is 2. The molecule has 2 saturated heterocycles. The molecule has 3 aromatic rings. The Bertz CT molecular complexity index is 1220. The Labute approximate surface area is 195 Å². The van der Waals surface area contributed by atoms with Gasteiger partial charge in [0, 0.05) is 28.5 Å². The third kappa shape index (κ3) is 2.66. The van der Waals surface area contributed by atoms with Crippen LogP contribution in [0.2, 0.25) is 5.02 Å². The van der Waals surface area contributed by atoms with Crippen molar-refractivity contribution < 1.29 is 14.5 Å². The highest BCUT2D eigenvalue weighted by Gasteiger charge is 2.73. The Kier molecular flexibility index (Phi) is 4.64. The van der Waals surface area contributed by atoms with Gasteiger partial charge in [0.15, 0.2) is 5.78 Å². The zero-order valence-corrected chi connectivity index (χ0v) is 18.7. The fraction of sp³-hybridized carbons (Fsp3) is 0.240. The van der Waals surface area contributed by atoms with Gasteiger partial charge in [-0.3, -0.25) is 14.6 Å². The third-order valence-electron chi connectivity index (χ3n) is 7.21. The lowest BCUT2D eigenvalue weighted by Crippen LogP contribution is -3.19. The number of fused-ring (bicyclic) bond motifs is 4. The van der Waals surface area contributed by atoms with Gasteiger partial charge >= 0.3 is 0 Å². The van der Waals surface area contributed by atoms with Crippen molar-refractivity contribution in [2.24, 2.45) is 5.92 Å². The van der Waals surface area contributed by atoms with Crippen LogP contribution >= 0.6 is 23.4 Å². The van der Waals surface area contributed by atoms with E-state index in [-0.39, 0.29) is 23.7 Å². The molecular formula is C25H21ClN3O2S+. The van der Waals surface area contributed by atoms with Gasteiger partial charge in [0.1, 0.15) is 17.8 Å². The molecule has 0 bridgehead atoms. The summed E-state index contributed by atoms with van der Waals surface area (Å²) in [5, 5.41) is 3.76. The first kappa shape index (κ1) is 20.0. The van der Waals surface area contributed by atoms with Gasteiger partial charge in [-0.05, 0) is 35.9 Å². The summed E-state index contributed by atoms with van der Waals surface area (Å²) in [6.45, 7) is 0. The summed E-state index contributed by atoms with van der Waals surface area (Å²) in [4.78, 5) is 33.4. The van der Waals surface area contributed by atoms with Crippen LogP contribution in [0.5, 0.6) is 0 Å². The number of carbonyl (C=O) groups is 2. The Morgan fingerprint density at radius 2 is 1.94 bits per heavy atom. The molecule has 7 heteroatoms. The highest BCUT2D eigenvalue weighted by Crippen LogP contribution is 2.52. The number of para-hydroxylation sites is 1. The largest absolute Gasteiger partial charge is 0.320 e. The number of thioether (sulfide) groups is 1. The van der Waals surface area contributed by atoms with Crippen molar-refractivity contribution in [2.45, 2.75) is 17.5 Å². The molecule has 5 atom stereocenters. The summed E-state index contributed by atoms with van der Waals surface area (Å²) < 4.78 is 0. The van der Waals surface area contributed by atoms with Crippen molar-refractivity contribution in [1.82, 2.24) is 4.98 Å². The summed E-state index contributed by atoms with van der Waals surface area (Å²) in [7, 11) is 0. The molecule has 4 heterocycles. The first-order valence-electron chi connectivity index (χ1n) is 10.7. The lowest BCUT2D eigenvalue weighted by Gasteiger charge is -2.33. The molecule has 1 amide bonds. The Morgan fingerprint density at radius 1 is 1.12 bits per heavy atom.